The predicted octanol–water partition coefficient (Wildman–Crippen LogP) is 35.4. The highest BCUT2D eigenvalue weighted by Crippen LogP contribution is 2.57. The van der Waals surface area contributed by atoms with E-state index >= 15 is 0 Å². The van der Waals surface area contributed by atoms with Gasteiger partial charge in [-0.2, -0.15) is 22.8 Å². The van der Waals surface area contributed by atoms with Crippen LogP contribution in [0, 0.1) is 69.2 Å². The monoisotopic (exact) mass is 1930 g/mol. The highest BCUT2D eigenvalue weighted by atomic mass is 15.0. The number of fused-ring (bicyclic) bond motifs is 15. The Bertz CT molecular complexity index is 8130. The Hall–Kier alpha value is -11.3. The molecule has 11 aromatic carbocycles. The Morgan fingerprint density at radius 2 is 0.555 bits per heavy atom. The number of hydrogen-bond acceptors (Lipinski definition) is 0. The van der Waals surface area contributed by atoms with Gasteiger partial charge in [0, 0.05) is 70.2 Å². The summed E-state index contributed by atoms with van der Waals surface area (Å²) in [7, 11) is 10.7. The van der Waals surface area contributed by atoms with Crippen LogP contribution in [0.3, 0.4) is 0 Å². The number of aryl methyl sites for hydroxylation is 7. The summed E-state index contributed by atoms with van der Waals surface area (Å²) in [5.74, 6) is 6.42. The van der Waals surface area contributed by atoms with E-state index in [-0.39, 0.29) is 5.41 Å². The van der Waals surface area contributed by atoms with Crippen LogP contribution >= 0.6 is 0 Å². The molecule has 0 N–H and O–H groups in total. The summed E-state index contributed by atoms with van der Waals surface area (Å²) in [6.07, 6.45) is 46.6. The molecule has 5 aromatic heterocycles. The lowest BCUT2D eigenvalue weighted by molar-refractivity contribution is -0.665. The molecule has 5 heterocycles. The molecule has 5 heteroatoms. The van der Waals surface area contributed by atoms with Crippen LogP contribution in [-0.2, 0) is 53.5 Å². The molecule has 0 amide bonds. The van der Waals surface area contributed by atoms with Gasteiger partial charge in [0.2, 0.25) is 28.5 Å². The molecule has 0 spiro atoms. The van der Waals surface area contributed by atoms with Gasteiger partial charge in [0.05, 0.1) is 61.6 Å². The van der Waals surface area contributed by atoms with Crippen molar-refractivity contribution in [2.24, 2.45) is 35.2 Å². The maximum absolute atomic E-state index is 8.98. The third-order valence-corrected chi connectivity index (χ3v) is 38.9. The van der Waals surface area contributed by atoms with Crippen LogP contribution in [-0.4, -0.2) is 0 Å². The topological polar surface area (TPSA) is 19.4 Å². The van der Waals surface area contributed by atoms with Crippen molar-refractivity contribution in [3.63, 3.8) is 0 Å². The Kier molecular flexibility index (Phi) is 25.7. The Morgan fingerprint density at radius 3 is 0.966 bits per heavy atom. The minimum absolute atomic E-state index is 0.0635. The van der Waals surface area contributed by atoms with E-state index < -0.39 is 0 Å². The molecule has 7 saturated carbocycles. The minimum Gasteiger partial charge on any atom is -0.198 e. The van der Waals surface area contributed by atoms with Gasteiger partial charge in [0.25, 0.3) is 0 Å². The lowest BCUT2D eigenvalue weighted by atomic mass is 9.66. The average molecular weight is 1930 g/mol. The first-order chi connectivity index (χ1) is 73.0. The molecule has 2 atom stereocenters. The van der Waals surface area contributed by atoms with E-state index in [1.807, 2.05) is 0 Å². The molecular weight excluding hydrogens is 1760 g/mol. The standard InChI is InChI=1S/C30H36N.C29H34N.C28H30N.2C27H32N/c1-19-15-28-22-9-11-23(12-10-22)29(28)18-27(19)30-26-14-13-24(21-7-5-4-6-8-21)17-25(26)16-20(2)31(30)3;1-18-13-27-22-9-10-23(16-22)28(27)17-26(18)29-25-12-11-21(20-7-5-4-6-8-20)15-24(25)14-19(2)30(29)3;1-19-15-22-11-7-8-12-23(22)18-27(19)28-26-14-13-24(21-9-5-4-6-10-21)17-25(26)16-20(2)29(28)3;1-17-10-9-13-22-24(17)26-25-21(14-18(2)28(26)5)15-20(16-23(25)27(22,3)4)19-11-7-6-8-12-19;1-18-14-21-10-7-11-22(21)17-26(18)27-25-13-12-23(20-8-5-4-6-9-20)16-24(25)15-19(2)28(27)3/h13-18,21-23H,4-12H2,1-3H3;11-15,17,20,22-23H,4-10,16H2,1-3H3;7-8,11-18,21H,4-6,9-10H2,1-3H3;9-10,13-16,19H,6-8,11-12H2,1-5H3;12-17,20H,4-11H2,1-3H3/q5*+1/i16D;14D;16D;14D;15D. The number of benzene rings is 11. The Balaban J connectivity index is 0.000000103. The molecule has 0 aliphatic heterocycles. The van der Waals surface area contributed by atoms with E-state index in [9.17, 15) is 0 Å². The SMILES string of the molecule is [2H]c1c(C)[n+](C)c(-c2cc3c(cc2C)C2CCC3C2)c2ccc(C3CCCCC3)cc12.[2H]c1c(C)[n+](C)c(-c2cc3c(cc2C)C2CCC3CC2)c2ccc(C3CCCCC3)cc12.[2H]c1c(C)[n+](C)c(-c2cc3c(cc2C)CCC3)c2ccc(C3CCCCC3)cc12.[2H]c1c(C)[n+](C)c(-c2cc3ccccc3cc2C)c2ccc(C3CCCCC3)cc12.[2H]c1c(C)[n+](C)c2c3c(cc(C4CCCCC4)cc13)C(C)(C)c1cccc(C)c1-2. The van der Waals surface area contributed by atoms with Crippen LogP contribution < -0.4 is 22.8 Å². The van der Waals surface area contributed by atoms with Gasteiger partial charge in [-0.1, -0.05) is 238 Å². The van der Waals surface area contributed by atoms with Gasteiger partial charge < -0.3 is 0 Å². The van der Waals surface area contributed by atoms with Crippen molar-refractivity contribution in [3.05, 3.63) is 335 Å². The predicted molar refractivity (Wildman–Crippen MR) is 614 cm³/mol. The molecule has 12 aliphatic carbocycles. The van der Waals surface area contributed by atoms with Crippen molar-refractivity contribution in [2.45, 2.75) is 366 Å². The lowest BCUT2D eigenvalue weighted by Gasteiger charge is -2.38. The van der Waals surface area contributed by atoms with E-state index in [4.69, 9.17) is 6.85 Å². The van der Waals surface area contributed by atoms with Gasteiger partial charge in [-0.25, -0.2) is 0 Å². The van der Waals surface area contributed by atoms with Crippen LogP contribution in [0.15, 0.2) is 206 Å². The van der Waals surface area contributed by atoms with Crippen LogP contribution in [0.4, 0.5) is 0 Å². The second kappa shape index (κ2) is 40.7. The molecular formula is C141H164N5+5. The van der Waals surface area contributed by atoms with Crippen molar-refractivity contribution in [1.82, 2.24) is 0 Å². The summed E-state index contributed by atoms with van der Waals surface area (Å²) in [6, 6.07) is 71.1. The van der Waals surface area contributed by atoms with Crippen molar-refractivity contribution in [1.29, 1.82) is 0 Å². The van der Waals surface area contributed by atoms with E-state index in [1.54, 1.807) is 22.3 Å². The third kappa shape index (κ3) is 18.3. The molecule has 0 saturated heterocycles. The zero-order chi connectivity index (χ0) is 105. The van der Waals surface area contributed by atoms with Gasteiger partial charge in [-0.15, -0.1) is 0 Å². The number of nitrogens with zero attached hydrogens (tertiary/aromatic N) is 5. The fourth-order valence-electron chi connectivity index (χ4n) is 30.1. The fourth-order valence-corrected chi connectivity index (χ4v) is 30.1. The molecule has 146 heavy (non-hydrogen) atoms. The number of pyridine rings is 5. The second-order valence-corrected chi connectivity index (χ2v) is 48.2. The normalized spacial score (nSPS) is 20.1. The van der Waals surface area contributed by atoms with Crippen molar-refractivity contribution < 1.29 is 29.7 Å². The lowest BCUT2D eigenvalue weighted by Crippen LogP contribution is -2.38. The van der Waals surface area contributed by atoms with Crippen molar-refractivity contribution >= 4 is 64.6 Å². The smallest absolute Gasteiger partial charge is 0.198 e. The van der Waals surface area contributed by atoms with Crippen molar-refractivity contribution in [2.75, 3.05) is 0 Å². The Morgan fingerprint density at radius 1 is 0.240 bits per heavy atom. The third-order valence-electron chi connectivity index (χ3n) is 38.9. The minimum atomic E-state index is -0.0635. The van der Waals surface area contributed by atoms with Gasteiger partial charge in [0.1, 0.15) is 35.2 Å². The maximum atomic E-state index is 8.98. The fraction of sp³-hybridized carbons (Fsp3) is 0.440. The molecule has 4 bridgehead atoms. The van der Waals surface area contributed by atoms with Gasteiger partial charge in [-0.05, 0) is 403 Å². The van der Waals surface area contributed by atoms with Crippen LogP contribution in [0.25, 0.3) is 121 Å². The number of rotatable bonds is 9. The molecule has 2 unspecified atom stereocenters. The first-order valence-electron chi connectivity index (χ1n) is 60.2. The summed E-state index contributed by atoms with van der Waals surface area (Å²) >= 11 is 0. The Labute approximate surface area is 881 Å². The first kappa shape index (κ1) is 92.1. The summed E-state index contributed by atoms with van der Waals surface area (Å²) in [5.41, 5.74) is 44.6. The first-order valence-corrected chi connectivity index (χ1v) is 57.7. The van der Waals surface area contributed by atoms with Crippen molar-refractivity contribution in [3.8, 4) is 56.3 Å². The van der Waals surface area contributed by atoms with E-state index in [0.717, 1.165) is 79.1 Å². The molecule has 12 aliphatic rings. The quantitative estimate of drug-likeness (QED) is 0.128. The number of hydrogen-bond donors (Lipinski definition) is 0. The van der Waals surface area contributed by atoms with Gasteiger partial charge in [-0.3, -0.25) is 0 Å². The average Bonchev–Trinajstić information content (AvgIpc) is 1.23. The summed E-state index contributed by atoms with van der Waals surface area (Å²) in [6.45, 7) is 26.5. The molecule has 0 radical (unpaired) electrons. The van der Waals surface area contributed by atoms with E-state index in [2.05, 4.69) is 317 Å². The largest absolute Gasteiger partial charge is 0.221 e. The molecule has 748 valence electrons. The molecule has 5 nitrogen and oxygen atoms in total. The highest BCUT2D eigenvalue weighted by molar-refractivity contribution is 6.03. The maximum Gasteiger partial charge on any atom is 0.221 e. The second-order valence-electron chi connectivity index (χ2n) is 48.2. The summed E-state index contributed by atoms with van der Waals surface area (Å²) in [4.78, 5) is 0. The zero-order valence-corrected chi connectivity index (χ0v) is 91.4. The summed E-state index contributed by atoms with van der Waals surface area (Å²) in [5, 5.41) is 14.4. The highest BCUT2D eigenvalue weighted by Gasteiger charge is 2.43. The van der Waals surface area contributed by atoms with Crippen LogP contribution in [0.1, 0.15) is 414 Å². The van der Waals surface area contributed by atoms with Gasteiger partial charge >= 0.3 is 0 Å². The summed E-state index contributed by atoms with van der Waals surface area (Å²) < 4.78 is 55.8. The zero-order valence-electron chi connectivity index (χ0n) is 96.4. The van der Waals surface area contributed by atoms with Crippen LogP contribution in [0.5, 0.6) is 0 Å². The molecule has 16 aromatic rings. The van der Waals surface area contributed by atoms with E-state index in [0.29, 0.717) is 59.8 Å². The molecule has 28 rings (SSSR count). The van der Waals surface area contributed by atoms with Crippen LogP contribution in [0.2, 0.25) is 0 Å². The number of aromatic nitrogens is 5. The molecule has 7 fully saturated rings. The van der Waals surface area contributed by atoms with Gasteiger partial charge in [0.15, 0.2) is 28.5 Å². The van der Waals surface area contributed by atoms with E-state index in [1.165, 1.54) is 397 Å².